The molecule has 0 amide bonds. The zero-order chi connectivity index (χ0) is 12.2. The van der Waals surface area contributed by atoms with Crippen LogP contribution < -0.4 is 5.32 Å². The van der Waals surface area contributed by atoms with Crippen molar-refractivity contribution in [1.82, 2.24) is 5.32 Å². The van der Waals surface area contributed by atoms with Crippen molar-refractivity contribution in [2.24, 2.45) is 11.8 Å². The molecule has 0 heterocycles. The number of rotatable bonds is 11. The highest BCUT2D eigenvalue weighted by Gasteiger charge is 2.15. The Hall–Kier alpha value is -0.120. The van der Waals surface area contributed by atoms with E-state index in [9.17, 15) is 0 Å². The largest absolute Gasteiger partial charge is 0.385 e. The van der Waals surface area contributed by atoms with Crippen LogP contribution >= 0.6 is 0 Å². The average molecular weight is 231 g/mol. The number of nitrogens with one attached hydrogen (secondary N) is 1. The van der Waals surface area contributed by atoms with Gasteiger partial charge in [-0.25, -0.2) is 0 Å². The summed E-state index contributed by atoms with van der Waals surface area (Å²) in [5.74, 6) is 1.49. The second-order valence-electron chi connectivity index (χ2n) is 4.50. The fourth-order valence-corrected chi connectivity index (χ4v) is 1.96. The number of methoxy groups -OCH3 is 2. The topological polar surface area (TPSA) is 30.5 Å². The van der Waals surface area contributed by atoms with E-state index in [0.717, 1.165) is 44.6 Å². The van der Waals surface area contributed by atoms with Crippen LogP contribution in [0.5, 0.6) is 0 Å². The molecule has 0 saturated heterocycles. The summed E-state index contributed by atoms with van der Waals surface area (Å²) in [6.07, 6.45) is 3.71. The van der Waals surface area contributed by atoms with Crippen molar-refractivity contribution in [2.45, 2.75) is 33.1 Å². The Morgan fingerprint density at radius 1 is 1.06 bits per heavy atom. The predicted molar refractivity (Wildman–Crippen MR) is 68.8 cm³/mol. The van der Waals surface area contributed by atoms with Gasteiger partial charge in [-0.05, 0) is 31.2 Å². The summed E-state index contributed by atoms with van der Waals surface area (Å²) < 4.78 is 10.2. The maximum Gasteiger partial charge on any atom is 0.0587 e. The molecule has 0 radical (unpaired) electrons. The maximum atomic E-state index is 5.14. The molecule has 1 N–H and O–H groups in total. The Kier molecular flexibility index (Phi) is 11.3. The van der Waals surface area contributed by atoms with E-state index in [4.69, 9.17) is 9.47 Å². The number of hydrogen-bond donors (Lipinski definition) is 1. The van der Waals surface area contributed by atoms with Gasteiger partial charge in [0.1, 0.15) is 0 Å². The summed E-state index contributed by atoms with van der Waals surface area (Å²) in [5.41, 5.74) is 0. The maximum absolute atomic E-state index is 5.14. The molecule has 0 aromatic carbocycles. The molecule has 0 spiro atoms. The predicted octanol–water partition coefficient (Wildman–Crippen LogP) is 2.31. The van der Waals surface area contributed by atoms with Crippen LogP contribution in [0.4, 0.5) is 0 Å². The fourth-order valence-electron chi connectivity index (χ4n) is 1.96. The highest BCUT2D eigenvalue weighted by Crippen LogP contribution is 2.20. The first kappa shape index (κ1) is 15.9. The van der Waals surface area contributed by atoms with Gasteiger partial charge in [-0.2, -0.15) is 0 Å². The van der Waals surface area contributed by atoms with Crippen LogP contribution in [0.3, 0.4) is 0 Å². The summed E-state index contributed by atoms with van der Waals surface area (Å²) >= 11 is 0. The van der Waals surface area contributed by atoms with Crippen molar-refractivity contribution in [2.75, 3.05) is 40.5 Å². The van der Waals surface area contributed by atoms with Crippen molar-refractivity contribution >= 4 is 0 Å². The SMILES string of the molecule is CCCC(CNCCOC)C(C)CCOC. The van der Waals surface area contributed by atoms with E-state index in [2.05, 4.69) is 19.2 Å². The second-order valence-corrected chi connectivity index (χ2v) is 4.50. The van der Waals surface area contributed by atoms with Crippen molar-refractivity contribution in [1.29, 1.82) is 0 Å². The van der Waals surface area contributed by atoms with Gasteiger partial charge in [-0.15, -0.1) is 0 Å². The first-order chi connectivity index (χ1) is 7.76. The molecule has 0 aliphatic rings. The van der Waals surface area contributed by atoms with Crippen LogP contribution in [-0.2, 0) is 9.47 Å². The minimum absolute atomic E-state index is 0.731. The monoisotopic (exact) mass is 231 g/mol. The van der Waals surface area contributed by atoms with Gasteiger partial charge in [0.25, 0.3) is 0 Å². The van der Waals surface area contributed by atoms with Gasteiger partial charge in [-0.3, -0.25) is 0 Å². The second kappa shape index (κ2) is 11.4. The minimum atomic E-state index is 0.731. The first-order valence-electron chi connectivity index (χ1n) is 6.44. The third-order valence-electron chi connectivity index (χ3n) is 3.13. The molecule has 0 aromatic rings. The van der Waals surface area contributed by atoms with E-state index in [0.29, 0.717) is 0 Å². The normalized spacial score (nSPS) is 15.0. The lowest BCUT2D eigenvalue weighted by atomic mass is 9.87. The van der Waals surface area contributed by atoms with Crippen LogP contribution in [0.1, 0.15) is 33.1 Å². The molecular weight excluding hydrogens is 202 g/mol. The van der Waals surface area contributed by atoms with Crippen molar-refractivity contribution < 1.29 is 9.47 Å². The van der Waals surface area contributed by atoms with Gasteiger partial charge in [0, 0.05) is 27.4 Å². The molecule has 0 aromatic heterocycles. The summed E-state index contributed by atoms with van der Waals surface area (Å²) in [6, 6.07) is 0. The lowest BCUT2D eigenvalue weighted by molar-refractivity contribution is 0.159. The van der Waals surface area contributed by atoms with Crippen LogP contribution in [0.25, 0.3) is 0 Å². The Morgan fingerprint density at radius 2 is 1.75 bits per heavy atom. The molecule has 2 atom stereocenters. The van der Waals surface area contributed by atoms with E-state index in [1.165, 1.54) is 12.8 Å². The molecule has 0 rings (SSSR count). The molecule has 0 fully saturated rings. The Morgan fingerprint density at radius 3 is 2.31 bits per heavy atom. The molecule has 98 valence electrons. The molecular formula is C13H29NO2. The van der Waals surface area contributed by atoms with Crippen molar-refractivity contribution in [3.8, 4) is 0 Å². The highest BCUT2D eigenvalue weighted by molar-refractivity contribution is 4.69. The van der Waals surface area contributed by atoms with Crippen LogP contribution in [0.2, 0.25) is 0 Å². The highest BCUT2D eigenvalue weighted by atomic mass is 16.5. The summed E-state index contributed by atoms with van der Waals surface area (Å²) in [4.78, 5) is 0. The Bertz CT molecular complexity index is 142. The minimum Gasteiger partial charge on any atom is -0.385 e. The smallest absolute Gasteiger partial charge is 0.0587 e. The zero-order valence-corrected chi connectivity index (χ0v) is 11.4. The van der Waals surface area contributed by atoms with Gasteiger partial charge >= 0.3 is 0 Å². The summed E-state index contributed by atoms with van der Waals surface area (Å²) in [7, 11) is 3.52. The molecule has 0 aliphatic carbocycles. The first-order valence-corrected chi connectivity index (χ1v) is 6.44. The van der Waals surface area contributed by atoms with E-state index in [1.807, 2.05) is 0 Å². The van der Waals surface area contributed by atoms with Gasteiger partial charge in [-0.1, -0.05) is 20.3 Å². The van der Waals surface area contributed by atoms with Crippen molar-refractivity contribution in [3.63, 3.8) is 0 Å². The zero-order valence-electron chi connectivity index (χ0n) is 11.4. The third-order valence-corrected chi connectivity index (χ3v) is 3.13. The molecule has 3 heteroatoms. The van der Waals surface area contributed by atoms with E-state index in [-0.39, 0.29) is 0 Å². The van der Waals surface area contributed by atoms with Crippen LogP contribution in [0, 0.1) is 11.8 Å². The van der Waals surface area contributed by atoms with E-state index in [1.54, 1.807) is 14.2 Å². The summed E-state index contributed by atoms with van der Waals surface area (Å²) in [5, 5.41) is 3.46. The van der Waals surface area contributed by atoms with Gasteiger partial charge in [0.2, 0.25) is 0 Å². The molecule has 0 bridgehead atoms. The lowest BCUT2D eigenvalue weighted by Crippen LogP contribution is -2.30. The van der Waals surface area contributed by atoms with Gasteiger partial charge in [0.05, 0.1) is 6.61 Å². The molecule has 2 unspecified atom stereocenters. The fraction of sp³-hybridized carbons (Fsp3) is 1.00. The third kappa shape index (κ3) is 8.08. The Balaban J connectivity index is 3.75. The van der Waals surface area contributed by atoms with Gasteiger partial charge in [0.15, 0.2) is 0 Å². The van der Waals surface area contributed by atoms with Crippen LogP contribution in [0.15, 0.2) is 0 Å². The quantitative estimate of drug-likeness (QED) is 0.554. The average Bonchev–Trinajstić information content (AvgIpc) is 2.30. The van der Waals surface area contributed by atoms with Crippen molar-refractivity contribution in [3.05, 3.63) is 0 Å². The standard InChI is InChI=1S/C13H29NO2/c1-5-6-13(11-14-8-10-16-4)12(2)7-9-15-3/h12-14H,5-11H2,1-4H3. The molecule has 0 aliphatic heterocycles. The Labute approximate surface area is 101 Å². The molecule has 0 saturated carbocycles. The summed E-state index contributed by atoms with van der Waals surface area (Å²) in [6.45, 7) is 8.31. The van der Waals surface area contributed by atoms with Gasteiger partial charge < -0.3 is 14.8 Å². The molecule has 3 nitrogen and oxygen atoms in total. The number of ether oxygens (including phenoxy) is 2. The number of hydrogen-bond acceptors (Lipinski definition) is 3. The van der Waals surface area contributed by atoms with E-state index >= 15 is 0 Å². The van der Waals surface area contributed by atoms with E-state index < -0.39 is 0 Å². The lowest BCUT2D eigenvalue weighted by Gasteiger charge is -2.24. The molecule has 16 heavy (non-hydrogen) atoms. The van der Waals surface area contributed by atoms with Crippen LogP contribution in [-0.4, -0.2) is 40.5 Å².